The van der Waals surface area contributed by atoms with Crippen LogP contribution in [0.15, 0.2) is 55.1 Å². The number of pyridine rings is 1. The van der Waals surface area contributed by atoms with Gasteiger partial charge >= 0.3 is 0 Å². The van der Waals surface area contributed by atoms with Crippen molar-refractivity contribution in [2.75, 3.05) is 6.54 Å². The van der Waals surface area contributed by atoms with Gasteiger partial charge in [-0.25, -0.2) is 4.98 Å². The van der Waals surface area contributed by atoms with Crippen LogP contribution >= 0.6 is 0 Å². The van der Waals surface area contributed by atoms with Crippen LogP contribution in [-0.4, -0.2) is 21.1 Å². The maximum atomic E-state index is 5.92. The Hall–Kier alpha value is -2.20. The number of nitrogens with zero attached hydrogens (tertiary/aromatic N) is 3. The third kappa shape index (κ3) is 1.76. The topological polar surface area (TPSA) is 56.7 Å². The van der Waals surface area contributed by atoms with Gasteiger partial charge in [0.2, 0.25) is 0 Å². The summed E-state index contributed by atoms with van der Waals surface area (Å²) < 4.78 is 2.10. The van der Waals surface area contributed by atoms with E-state index in [1.807, 2.05) is 30.6 Å². The predicted octanol–water partition coefficient (Wildman–Crippen LogP) is 1.98. The lowest BCUT2D eigenvalue weighted by molar-refractivity contribution is 0.610. The summed E-state index contributed by atoms with van der Waals surface area (Å²) in [7, 11) is 0. The number of fused-ring (bicyclic) bond motifs is 1. The molecule has 90 valence electrons. The van der Waals surface area contributed by atoms with Gasteiger partial charge in [-0.1, -0.05) is 30.3 Å². The summed E-state index contributed by atoms with van der Waals surface area (Å²) in [6.07, 6.45) is 5.38. The van der Waals surface area contributed by atoms with E-state index in [0.29, 0.717) is 6.54 Å². The van der Waals surface area contributed by atoms with Crippen LogP contribution in [0.1, 0.15) is 11.6 Å². The molecule has 3 rings (SSSR count). The second-order valence-corrected chi connectivity index (χ2v) is 4.18. The van der Waals surface area contributed by atoms with Crippen LogP contribution < -0.4 is 5.73 Å². The molecule has 0 saturated carbocycles. The van der Waals surface area contributed by atoms with Gasteiger partial charge in [-0.2, -0.15) is 0 Å². The summed E-state index contributed by atoms with van der Waals surface area (Å²) in [4.78, 5) is 8.43. The van der Waals surface area contributed by atoms with Crippen LogP contribution in [0, 0.1) is 0 Å². The normalized spacial score (nSPS) is 12.7. The second kappa shape index (κ2) is 4.58. The standard InChI is InChI=1S/C14H14N4/c15-8-14(11-4-2-1-3-5-11)18-10-17-12-9-16-7-6-13(12)18/h1-7,9-10,14H,8,15H2. The molecule has 0 fully saturated rings. The summed E-state index contributed by atoms with van der Waals surface area (Å²) in [5.41, 5.74) is 9.07. The first-order valence-corrected chi connectivity index (χ1v) is 5.91. The molecule has 0 spiro atoms. The number of hydrogen-bond acceptors (Lipinski definition) is 3. The van der Waals surface area contributed by atoms with Gasteiger partial charge in [0.25, 0.3) is 0 Å². The fourth-order valence-corrected chi connectivity index (χ4v) is 2.22. The van der Waals surface area contributed by atoms with E-state index in [-0.39, 0.29) is 6.04 Å². The van der Waals surface area contributed by atoms with E-state index in [4.69, 9.17) is 5.73 Å². The maximum Gasteiger partial charge on any atom is 0.107 e. The molecule has 3 aromatic rings. The van der Waals surface area contributed by atoms with Gasteiger partial charge in [0.05, 0.1) is 24.1 Å². The number of nitrogens with two attached hydrogens (primary N) is 1. The molecular weight excluding hydrogens is 224 g/mol. The minimum atomic E-state index is 0.110. The average Bonchev–Trinajstić information content (AvgIpc) is 2.85. The summed E-state index contributed by atoms with van der Waals surface area (Å²) in [5.74, 6) is 0. The van der Waals surface area contributed by atoms with Gasteiger partial charge in [0.15, 0.2) is 0 Å². The lowest BCUT2D eigenvalue weighted by Gasteiger charge is -2.17. The summed E-state index contributed by atoms with van der Waals surface area (Å²) >= 11 is 0. The molecule has 0 aliphatic rings. The van der Waals surface area contributed by atoms with Crippen molar-refractivity contribution in [1.82, 2.24) is 14.5 Å². The molecule has 2 heterocycles. The number of aromatic nitrogens is 3. The molecule has 0 amide bonds. The molecule has 4 heteroatoms. The quantitative estimate of drug-likeness (QED) is 0.759. The van der Waals surface area contributed by atoms with Crippen molar-refractivity contribution in [3.8, 4) is 0 Å². The van der Waals surface area contributed by atoms with Crippen molar-refractivity contribution in [3.05, 3.63) is 60.7 Å². The van der Waals surface area contributed by atoms with Crippen LogP contribution in [-0.2, 0) is 0 Å². The molecule has 0 bridgehead atoms. The summed E-state index contributed by atoms with van der Waals surface area (Å²) in [6.45, 7) is 0.539. The molecule has 0 aliphatic heterocycles. The minimum Gasteiger partial charge on any atom is -0.328 e. The zero-order valence-electron chi connectivity index (χ0n) is 9.90. The first kappa shape index (κ1) is 10.9. The third-order valence-electron chi connectivity index (χ3n) is 3.12. The Bertz CT molecular complexity index is 645. The molecule has 0 saturated heterocycles. The Morgan fingerprint density at radius 1 is 1.17 bits per heavy atom. The fraction of sp³-hybridized carbons (Fsp3) is 0.143. The van der Waals surface area contributed by atoms with Crippen molar-refractivity contribution < 1.29 is 0 Å². The van der Waals surface area contributed by atoms with Crippen LogP contribution in [0.25, 0.3) is 11.0 Å². The first-order chi connectivity index (χ1) is 8.90. The lowest BCUT2D eigenvalue weighted by atomic mass is 10.1. The SMILES string of the molecule is NCC(c1ccccc1)n1cnc2cnccc21. The van der Waals surface area contributed by atoms with Gasteiger partial charge in [-0.3, -0.25) is 4.98 Å². The third-order valence-corrected chi connectivity index (χ3v) is 3.12. The van der Waals surface area contributed by atoms with E-state index in [2.05, 4.69) is 26.7 Å². The Kier molecular flexibility index (Phi) is 2.78. The van der Waals surface area contributed by atoms with Gasteiger partial charge < -0.3 is 10.3 Å². The number of benzene rings is 1. The Balaban J connectivity index is 2.12. The van der Waals surface area contributed by atoms with E-state index in [9.17, 15) is 0 Å². The molecule has 1 unspecified atom stereocenters. The van der Waals surface area contributed by atoms with E-state index in [0.717, 1.165) is 11.0 Å². The van der Waals surface area contributed by atoms with E-state index in [1.54, 1.807) is 12.4 Å². The van der Waals surface area contributed by atoms with Crippen molar-refractivity contribution in [2.24, 2.45) is 5.73 Å². The zero-order valence-corrected chi connectivity index (χ0v) is 9.90. The highest BCUT2D eigenvalue weighted by molar-refractivity contribution is 5.74. The highest BCUT2D eigenvalue weighted by atomic mass is 15.1. The Morgan fingerprint density at radius 3 is 2.78 bits per heavy atom. The molecular formula is C14H14N4. The van der Waals surface area contributed by atoms with Crippen molar-refractivity contribution in [3.63, 3.8) is 0 Å². The van der Waals surface area contributed by atoms with Gasteiger partial charge in [0, 0.05) is 12.7 Å². The fourth-order valence-electron chi connectivity index (χ4n) is 2.22. The van der Waals surface area contributed by atoms with Crippen LogP contribution in [0.4, 0.5) is 0 Å². The van der Waals surface area contributed by atoms with E-state index < -0.39 is 0 Å². The molecule has 1 atom stereocenters. The summed E-state index contributed by atoms with van der Waals surface area (Å²) in [6, 6.07) is 12.3. The smallest absolute Gasteiger partial charge is 0.107 e. The van der Waals surface area contributed by atoms with E-state index in [1.165, 1.54) is 5.56 Å². The highest BCUT2D eigenvalue weighted by Crippen LogP contribution is 2.22. The number of rotatable bonds is 3. The van der Waals surface area contributed by atoms with Gasteiger partial charge in [0.1, 0.15) is 5.52 Å². The Morgan fingerprint density at radius 2 is 2.00 bits per heavy atom. The first-order valence-electron chi connectivity index (χ1n) is 5.91. The summed E-state index contributed by atoms with van der Waals surface area (Å²) in [5, 5.41) is 0. The molecule has 18 heavy (non-hydrogen) atoms. The predicted molar refractivity (Wildman–Crippen MR) is 71.2 cm³/mol. The number of hydrogen-bond donors (Lipinski definition) is 1. The monoisotopic (exact) mass is 238 g/mol. The average molecular weight is 238 g/mol. The van der Waals surface area contributed by atoms with Crippen LogP contribution in [0.3, 0.4) is 0 Å². The largest absolute Gasteiger partial charge is 0.328 e. The van der Waals surface area contributed by atoms with Crippen molar-refractivity contribution in [2.45, 2.75) is 6.04 Å². The molecule has 0 aliphatic carbocycles. The molecule has 2 aromatic heterocycles. The van der Waals surface area contributed by atoms with Crippen LogP contribution in [0.5, 0.6) is 0 Å². The van der Waals surface area contributed by atoms with Gasteiger partial charge in [-0.05, 0) is 11.6 Å². The molecule has 1 aromatic carbocycles. The second-order valence-electron chi connectivity index (χ2n) is 4.18. The van der Waals surface area contributed by atoms with Crippen LogP contribution in [0.2, 0.25) is 0 Å². The highest BCUT2D eigenvalue weighted by Gasteiger charge is 2.14. The molecule has 0 radical (unpaired) electrons. The van der Waals surface area contributed by atoms with E-state index >= 15 is 0 Å². The Labute approximate surface area is 105 Å². The van der Waals surface area contributed by atoms with Gasteiger partial charge in [-0.15, -0.1) is 0 Å². The minimum absolute atomic E-state index is 0.110. The zero-order chi connectivity index (χ0) is 12.4. The maximum absolute atomic E-state index is 5.92. The molecule has 4 nitrogen and oxygen atoms in total. The number of imidazole rings is 1. The van der Waals surface area contributed by atoms with Crippen molar-refractivity contribution in [1.29, 1.82) is 0 Å². The molecule has 2 N–H and O–H groups in total. The lowest BCUT2D eigenvalue weighted by Crippen LogP contribution is -2.19. The van der Waals surface area contributed by atoms with Crippen molar-refractivity contribution >= 4 is 11.0 Å².